The number of ether oxygens (including phenoxy) is 5. The molecule has 7 aliphatic heterocycles. The Morgan fingerprint density at radius 3 is 1.12 bits per heavy atom. The van der Waals surface area contributed by atoms with Gasteiger partial charge in [0.05, 0.1) is 5.25 Å². The summed E-state index contributed by atoms with van der Waals surface area (Å²) in [6.45, 7) is 12.6. The third-order valence-corrected chi connectivity index (χ3v) is 48.9. The molecule has 0 N–H and O–H groups in total. The number of fused-ring (bicyclic) bond motifs is 1. The van der Waals surface area contributed by atoms with Gasteiger partial charge in [-0.3, -0.25) is 8.98 Å². The maximum atomic E-state index is 13.6. The molecule has 15 aliphatic carbocycles. The lowest BCUT2D eigenvalue weighted by Crippen LogP contribution is -2.60. The predicted octanol–water partition coefficient (Wildman–Crippen LogP) is 16.8. The highest BCUT2D eigenvalue weighted by atomic mass is 32.2. The predicted molar refractivity (Wildman–Crippen MR) is 477 cm³/mol. The van der Waals surface area contributed by atoms with Crippen LogP contribution in [0.25, 0.3) is 0 Å². The van der Waals surface area contributed by atoms with Crippen molar-refractivity contribution in [3.63, 3.8) is 0 Å². The Bertz CT molecular complexity index is 3460. The van der Waals surface area contributed by atoms with Crippen molar-refractivity contribution >= 4 is 111 Å². The Morgan fingerprint density at radius 2 is 0.739 bits per heavy atom. The van der Waals surface area contributed by atoms with Crippen LogP contribution in [0.15, 0.2) is 30.3 Å². The minimum absolute atomic E-state index is 0.0114. The van der Waals surface area contributed by atoms with E-state index in [0.717, 1.165) is 77.6 Å². The lowest BCUT2D eigenvalue weighted by Gasteiger charge is -2.59. The average Bonchev–Trinajstić information content (AvgIpc) is 1.70. The van der Waals surface area contributed by atoms with Crippen molar-refractivity contribution in [2.24, 2.45) is 82.9 Å². The van der Waals surface area contributed by atoms with E-state index < -0.39 is 16.2 Å². The Labute approximate surface area is 710 Å². The van der Waals surface area contributed by atoms with Gasteiger partial charge in [-0.2, -0.15) is 8.42 Å². The summed E-state index contributed by atoms with van der Waals surface area (Å²) in [5.74, 6) is 28.8. The number of hydrogen-bond acceptors (Lipinski definition) is 14. The molecule has 14 bridgehead atoms. The largest absolute Gasteiger partial charge is 0.456 e. The van der Waals surface area contributed by atoms with Gasteiger partial charge >= 0.3 is 29.8 Å². The van der Waals surface area contributed by atoms with Gasteiger partial charge in [-0.05, 0) is 392 Å². The summed E-state index contributed by atoms with van der Waals surface area (Å²) in [5, 5.41) is -0.345. The quantitative estimate of drug-likeness (QED) is 0.0470. The van der Waals surface area contributed by atoms with Crippen molar-refractivity contribution in [1.82, 2.24) is 0 Å². The van der Waals surface area contributed by atoms with Gasteiger partial charge in [-0.25, -0.2) is 24.0 Å². The van der Waals surface area contributed by atoms with Crippen molar-refractivity contribution < 1.29 is 65.1 Å². The van der Waals surface area contributed by atoms with E-state index in [-0.39, 0.29) is 102 Å². The van der Waals surface area contributed by atoms with Crippen molar-refractivity contribution in [2.45, 2.75) is 324 Å². The lowest BCUT2D eigenvalue weighted by molar-refractivity contribution is -0.205. The topological polar surface area (TPSA) is 192 Å². The molecule has 21 heteroatoms. The SMILES string of the molecule is CC(C)(C)OC(=O)C[S+]1CCCCC1.CC1(OC(=O)C2([S+]3CCCCC3)CCCC2)C2CC3CC(C2)CC1C3.CC1(OC(=O)C[S+]2CCCC2)C2CC3CC(C2)CC1C3.CC1(OC(=O)C[S+]2CCCCC2)C2CC3CC(C2)CC1C3.O=C(C[S+]1CCCC1)c1ccccc1.O=C(C[S+]1CCCCC1)OC1C2CC3C1OS(=O)(=O)C3C2. The van der Waals surface area contributed by atoms with Crippen LogP contribution in [0.2, 0.25) is 0 Å². The first-order valence-electron chi connectivity index (χ1n) is 46.7. The first-order valence-corrected chi connectivity index (χ1v) is 58.4. The number of benzene rings is 1. The highest BCUT2D eigenvalue weighted by molar-refractivity contribution is 7.99. The highest BCUT2D eigenvalue weighted by Gasteiger charge is 2.67. The molecule has 5 unspecified atom stereocenters. The van der Waals surface area contributed by atoms with Gasteiger partial charge in [0.2, 0.25) is 33.5 Å². The summed E-state index contributed by atoms with van der Waals surface area (Å²) in [7, 11) is -1.58. The molecule has 1 aromatic rings. The van der Waals surface area contributed by atoms with Gasteiger partial charge in [0.25, 0.3) is 10.1 Å². The minimum atomic E-state index is -3.42. The van der Waals surface area contributed by atoms with Gasteiger partial charge in [-0.1, -0.05) is 30.3 Å². The van der Waals surface area contributed by atoms with Gasteiger partial charge in [0.1, 0.15) is 104 Å². The van der Waals surface area contributed by atoms with E-state index in [1.807, 2.05) is 51.1 Å². The molecule has 0 aromatic heterocycles. The Hall–Kier alpha value is -1.75. The molecule has 22 aliphatic rings. The number of carbonyl (C=O) groups is 6. The molecule has 22 fully saturated rings. The molecule has 14 nitrogen and oxygen atoms in total. The van der Waals surface area contributed by atoms with Crippen LogP contribution >= 0.6 is 0 Å². The average molecular weight is 1730 g/mol. The third-order valence-electron chi connectivity index (χ3n) is 32.0. The van der Waals surface area contributed by atoms with Crippen LogP contribution in [0.1, 0.15) is 289 Å². The second-order valence-electron chi connectivity index (χ2n) is 41.2. The Kier molecular flexibility index (Phi) is 29.7. The normalized spacial score (nSPS) is 38.9. The molecule has 1 aromatic carbocycles. The third kappa shape index (κ3) is 21.4. The number of ketones is 1. The molecule has 115 heavy (non-hydrogen) atoms. The van der Waals surface area contributed by atoms with E-state index in [9.17, 15) is 37.2 Å². The van der Waals surface area contributed by atoms with Crippen LogP contribution in [-0.4, -0.2) is 186 Å². The summed E-state index contributed by atoms with van der Waals surface area (Å²) in [6, 6.07) is 9.66. The highest BCUT2D eigenvalue weighted by Crippen LogP contribution is 2.63. The monoisotopic (exact) mass is 1720 g/mol. The number of hydrogen-bond donors (Lipinski definition) is 0. The minimum Gasteiger partial charge on any atom is -0.456 e. The van der Waals surface area contributed by atoms with Crippen LogP contribution < -0.4 is 0 Å². The second-order valence-corrected chi connectivity index (χ2v) is 57.2. The number of Topliss-reactive ketones (excluding diaryl/α,β-unsaturated/α-hetero) is 1. The van der Waals surface area contributed by atoms with E-state index in [1.165, 1.54) is 269 Å². The number of esters is 5. The van der Waals surface area contributed by atoms with Crippen molar-refractivity contribution in [2.75, 3.05) is 97.8 Å². The summed E-state index contributed by atoms with van der Waals surface area (Å²) < 4.78 is 58.8. The molecule has 644 valence electrons. The second kappa shape index (κ2) is 38.8. The van der Waals surface area contributed by atoms with E-state index in [2.05, 4.69) is 20.8 Å². The maximum Gasteiger partial charge on any atom is 0.363 e. The van der Waals surface area contributed by atoms with Crippen LogP contribution in [0.5, 0.6) is 0 Å². The zero-order valence-corrected chi connectivity index (χ0v) is 77.2. The molecule has 0 spiro atoms. The van der Waals surface area contributed by atoms with Crippen molar-refractivity contribution in [3.8, 4) is 0 Å². The summed E-state index contributed by atoms with van der Waals surface area (Å²) in [5.41, 5.74) is 0.180. The zero-order valence-electron chi connectivity index (χ0n) is 71.5. The molecular formula is C94H148O14S7+6. The molecular weight excluding hydrogens is 1580 g/mol. The lowest BCUT2D eigenvalue weighted by atomic mass is 9.50. The van der Waals surface area contributed by atoms with E-state index in [4.69, 9.17) is 27.9 Å². The number of rotatable bonds is 17. The van der Waals surface area contributed by atoms with Gasteiger partial charge in [0.15, 0.2) is 5.75 Å². The smallest absolute Gasteiger partial charge is 0.363 e. The number of carbonyl (C=O) groups excluding carboxylic acids is 6. The molecule has 0 radical (unpaired) electrons. The van der Waals surface area contributed by atoms with E-state index in [0.29, 0.717) is 114 Å². The first kappa shape index (κ1) is 88.1. The fraction of sp³-hybridized carbons (Fsp3) is 0.872. The molecule has 5 atom stereocenters. The van der Waals surface area contributed by atoms with Gasteiger partial charge in [0, 0.05) is 41.1 Å². The molecule has 7 heterocycles. The fourth-order valence-corrected chi connectivity index (χ4v) is 42.3. The molecule has 15 saturated carbocycles. The van der Waals surface area contributed by atoms with Gasteiger partial charge in [-0.15, -0.1) is 0 Å². The Balaban J connectivity index is 0.000000110. The van der Waals surface area contributed by atoms with E-state index in [1.54, 1.807) is 0 Å². The van der Waals surface area contributed by atoms with E-state index >= 15 is 0 Å². The van der Waals surface area contributed by atoms with Crippen molar-refractivity contribution in [1.29, 1.82) is 0 Å². The fourth-order valence-electron chi connectivity index (χ4n) is 26.5. The molecule has 23 rings (SSSR count). The van der Waals surface area contributed by atoms with Crippen LogP contribution in [-0.2, 0) is 127 Å². The standard InChI is InChI=1S/C22H35O2S.C18H29O2S.C17H27O2S.C14H21O5S2.C12H15OS.C11H21O2S/c1-21(18-12-16-11-17(14-18)15-19(21)13-16)24-20(23)22(7-3-4-8-22)25-9-5-2-6-10-25;1-18(20-17(19)12-21-5-3-2-4-6-21)15-8-13-7-14(10-15)11-16(18)9-13;1-17(19-16(18)11-20-4-2-3-5-20)14-7-12-6-13(9-14)10-15(17)8-12;15-12(8-20-4-2-1-3-5-20)18-13-9-6-10-11(7-9)21(16,17)19-14(10)13;13-12(10-14-8-4-5-9-14)11-6-2-1-3-7-11;1-11(2,3)13-10(12)9-14-7-5-4-6-8-14/h16-19H,2-15H2,1H3;13-16H,2-12H2,1H3;12-15H,2-11H2,1H3;9-11,13-14H,1-8H2;1-3,6-7H,4-5,8-10H2;4-9H2,1-3H3/q6*+1. The van der Waals surface area contributed by atoms with Crippen LogP contribution in [0, 0.1) is 82.9 Å². The summed E-state index contributed by atoms with van der Waals surface area (Å²) >= 11 is 0. The van der Waals surface area contributed by atoms with Gasteiger partial charge < -0.3 is 23.7 Å². The Morgan fingerprint density at radius 1 is 0.400 bits per heavy atom. The molecule has 0 amide bonds. The summed E-state index contributed by atoms with van der Waals surface area (Å²) in [4.78, 5) is 74.0. The van der Waals surface area contributed by atoms with Crippen LogP contribution in [0.4, 0.5) is 0 Å². The first-order chi connectivity index (χ1) is 55.2. The van der Waals surface area contributed by atoms with Crippen molar-refractivity contribution in [3.05, 3.63) is 35.9 Å². The maximum absolute atomic E-state index is 13.6. The van der Waals surface area contributed by atoms with Crippen LogP contribution in [0.3, 0.4) is 0 Å². The zero-order chi connectivity index (χ0) is 80.3. The molecule has 7 saturated heterocycles. The summed E-state index contributed by atoms with van der Waals surface area (Å²) in [6.07, 6.45) is 46.7.